The third-order valence-electron chi connectivity index (χ3n) is 4.91. The van der Waals surface area contributed by atoms with Gasteiger partial charge in [-0.15, -0.1) is 0 Å². The second kappa shape index (κ2) is 3.93. The average Bonchev–Trinajstić information content (AvgIpc) is 2.45. The Hall–Kier alpha value is -0.650. The lowest BCUT2D eigenvalue weighted by Gasteiger charge is -2.52. The van der Waals surface area contributed by atoms with E-state index in [-0.39, 0.29) is 24.8 Å². The largest absolute Gasteiger partial charge is 0.481 e. The van der Waals surface area contributed by atoms with Crippen LogP contribution in [0.5, 0.6) is 0 Å². The van der Waals surface area contributed by atoms with Crippen LogP contribution in [0, 0.1) is 17.3 Å². The molecule has 0 aromatic heterocycles. The molecule has 17 heavy (non-hydrogen) atoms. The van der Waals surface area contributed by atoms with Gasteiger partial charge in [0.15, 0.2) is 0 Å². The third-order valence-corrected chi connectivity index (χ3v) is 4.91. The molecule has 5 atom stereocenters. The normalized spacial score (nSPS) is 48.6. The number of carbonyl (C=O) groups is 1. The van der Waals surface area contributed by atoms with Gasteiger partial charge in [0.1, 0.15) is 0 Å². The predicted molar refractivity (Wildman–Crippen MR) is 61.2 cm³/mol. The molecular formula is C12H21NO4. The van der Waals surface area contributed by atoms with Crippen LogP contribution in [0.4, 0.5) is 0 Å². The summed E-state index contributed by atoms with van der Waals surface area (Å²) in [6.45, 7) is 2.10. The molecule has 2 saturated carbocycles. The van der Waals surface area contributed by atoms with Crippen molar-refractivity contribution in [1.29, 1.82) is 0 Å². The van der Waals surface area contributed by atoms with Crippen molar-refractivity contribution in [3.63, 3.8) is 0 Å². The molecule has 5 heteroatoms. The van der Waals surface area contributed by atoms with E-state index >= 15 is 0 Å². The molecule has 0 bridgehead atoms. The second-order valence-corrected chi connectivity index (χ2v) is 5.73. The maximum atomic E-state index is 10.9. The predicted octanol–water partition coefficient (Wildman–Crippen LogP) is -0.0520. The SMILES string of the molecule is CCC1(O)C[C@H]2C[C@@](CN)(CC(=O)O)[C@H]2C1O. The monoisotopic (exact) mass is 243 g/mol. The molecule has 98 valence electrons. The maximum absolute atomic E-state index is 10.9. The van der Waals surface area contributed by atoms with Gasteiger partial charge in [0, 0.05) is 0 Å². The summed E-state index contributed by atoms with van der Waals surface area (Å²) in [4.78, 5) is 10.9. The first-order valence-electron chi connectivity index (χ1n) is 6.21. The molecule has 0 aromatic rings. The van der Waals surface area contributed by atoms with Gasteiger partial charge in [-0.3, -0.25) is 4.79 Å². The first-order valence-corrected chi connectivity index (χ1v) is 6.21. The summed E-state index contributed by atoms with van der Waals surface area (Å²) in [5.41, 5.74) is 4.14. The van der Waals surface area contributed by atoms with E-state index in [0.717, 1.165) is 0 Å². The Morgan fingerprint density at radius 2 is 2.12 bits per heavy atom. The number of aliphatic hydroxyl groups is 2. The van der Waals surface area contributed by atoms with E-state index in [0.29, 0.717) is 19.3 Å². The van der Waals surface area contributed by atoms with Crippen LogP contribution in [-0.2, 0) is 4.79 Å². The summed E-state index contributed by atoms with van der Waals surface area (Å²) in [7, 11) is 0. The van der Waals surface area contributed by atoms with Gasteiger partial charge in [0.2, 0.25) is 0 Å². The lowest BCUT2D eigenvalue weighted by atomic mass is 9.53. The highest BCUT2D eigenvalue weighted by atomic mass is 16.4. The van der Waals surface area contributed by atoms with Gasteiger partial charge in [-0.2, -0.15) is 0 Å². The van der Waals surface area contributed by atoms with Gasteiger partial charge >= 0.3 is 5.97 Å². The molecule has 0 radical (unpaired) electrons. The first-order chi connectivity index (χ1) is 7.88. The van der Waals surface area contributed by atoms with Crippen LogP contribution in [0.2, 0.25) is 0 Å². The van der Waals surface area contributed by atoms with Gasteiger partial charge < -0.3 is 21.1 Å². The van der Waals surface area contributed by atoms with Crippen LogP contribution in [-0.4, -0.2) is 39.5 Å². The van der Waals surface area contributed by atoms with Crippen molar-refractivity contribution in [3.05, 3.63) is 0 Å². The topological polar surface area (TPSA) is 104 Å². The van der Waals surface area contributed by atoms with Gasteiger partial charge in [-0.25, -0.2) is 0 Å². The van der Waals surface area contributed by atoms with E-state index in [9.17, 15) is 15.0 Å². The van der Waals surface area contributed by atoms with Crippen molar-refractivity contribution in [3.8, 4) is 0 Å². The molecule has 2 rings (SSSR count). The number of aliphatic carboxylic acids is 1. The lowest BCUT2D eigenvalue weighted by molar-refractivity contribution is -0.152. The van der Waals surface area contributed by atoms with Gasteiger partial charge in [-0.1, -0.05) is 6.92 Å². The van der Waals surface area contributed by atoms with Crippen molar-refractivity contribution in [2.24, 2.45) is 23.0 Å². The second-order valence-electron chi connectivity index (χ2n) is 5.73. The molecule has 0 saturated heterocycles. The van der Waals surface area contributed by atoms with Crippen molar-refractivity contribution in [1.82, 2.24) is 0 Å². The van der Waals surface area contributed by atoms with E-state index in [1.165, 1.54) is 0 Å². The zero-order chi connectivity index (χ0) is 12.8. The summed E-state index contributed by atoms with van der Waals surface area (Å²) in [6, 6.07) is 0. The Kier molecular flexibility index (Phi) is 2.96. The summed E-state index contributed by atoms with van der Waals surface area (Å²) in [6.07, 6.45) is 0.918. The van der Waals surface area contributed by atoms with E-state index < -0.39 is 23.1 Å². The van der Waals surface area contributed by atoms with Crippen LogP contribution >= 0.6 is 0 Å². The highest BCUT2D eigenvalue weighted by Gasteiger charge is 2.65. The summed E-state index contributed by atoms with van der Waals surface area (Å²) >= 11 is 0. The van der Waals surface area contributed by atoms with Crippen molar-refractivity contribution in [2.75, 3.05) is 6.54 Å². The average molecular weight is 243 g/mol. The number of aliphatic hydroxyl groups excluding tert-OH is 1. The summed E-state index contributed by atoms with van der Waals surface area (Å²) in [5.74, 6) is -0.820. The van der Waals surface area contributed by atoms with Crippen molar-refractivity contribution >= 4 is 5.97 Å². The van der Waals surface area contributed by atoms with E-state index in [1.54, 1.807) is 0 Å². The molecule has 5 nitrogen and oxygen atoms in total. The third kappa shape index (κ3) is 1.68. The van der Waals surface area contributed by atoms with Crippen molar-refractivity contribution < 1.29 is 20.1 Å². The Morgan fingerprint density at radius 3 is 2.59 bits per heavy atom. The fourth-order valence-corrected chi connectivity index (χ4v) is 3.96. The molecule has 0 heterocycles. The van der Waals surface area contributed by atoms with Gasteiger partial charge in [-0.05, 0) is 43.1 Å². The van der Waals surface area contributed by atoms with E-state index in [2.05, 4.69) is 0 Å². The van der Waals surface area contributed by atoms with Crippen molar-refractivity contribution in [2.45, 2.75) is 44.3 Å². The molecule has 0 aliphatic heterocycles. The number of hydrogen-bond donors (Lipinski definition) is 4. The molecule has 0 amide bonds. The fourth-order valence-electron chi connectivity index (χ4n) is 3.96. The smallest absolute Gasteiger partial charge is 0.303 e. The Bertz CT molecular complexity index is 334. The Labute approximate surface area is 101 Å². The van der Waals surface area contributed by atoms with E-state index in [1.807, 2.05) is 6.92 Å². The van der Waals surface area contributed by atoms with Crippen LogP contribution in [0.15, 0.2) is 0 Å². The fraction of sp³-hybridized carbons (Fsp3) is 0.917. The summed E-state index contributed by atoms with van der Waals surface area (Å²) in [5, 5.41) is 29.4. The number of hydrogen-bond acceptors (Lipinski definition) is 4. The summed E-state index contributed by atoms with van der Waals surface area (Å²) < 4.78 is 0. The number of nitrogens with two attached hydrogens (primary N) is 1. The first kappa shape index (κ1) is 12.8. The quantitative estimate of drug-likeness (QED) is 0.554. The van der Waals surface area contributed by atoms with Crippen LogP contribution in [0.25, 0.3) is 0 Å². The van der Waals surface area contributed by atoms with E-state index in [4.69, 9.17) is 10.8 Å². The Morgan fingerprint density at radius 1 is 1.47 bits per heavy atom. The minimum absolute atomic E-state index is 0.0124. The number of carboxylic acid groups (broad SMARTS) is 1. The highest BCUT2D eigenvalue weighted by Crippen LogP contribution is 2.63. The zero-order valence-electron chi connectivity index (χ0n) is 10.1. The van der Waals surface area contributed by atoms with Crippen LogP contribution in [0.3, 0.4) is 0 Å². The van der Waals surface area contributed by atoms with Gasteiger partial charge in [0.05, 0.1) is 18.1 Å². The molecule has 2 aliphatic carbocycles. The molecule has 2 fully saturated rings. The molecule has 5 N–H and O–H groups in total. The number of carboxylic acids is 1. The Balaban J connectivity index is 2.20. The number of fused-ring (bicyclic) bond motifs is 1. The van der Waals surface area contributed by atoms with Gasteiger partial charge in [0.25, 0.3) is 0 Å². The number of rotatable bonds is 4. The minimum atomic E-state index is -1.05. The lowest BCUT2D eigenvalue weighted by Crippen LogP contribution is -2.56. The van der Waals surface area contributed by atoms with Crippen LogP contribution in [0.1, 0.15) is 32.6 Å². The molecule has 0 spiro atoms. The standard InChI is InChI=1S/C12H21NO4/c1-2-12(17)4-7-3-11(6-13,5-8(14)15)9(7)10(12)16/h7,9-10,16-17H,2-6,13H2,1H3,(H,14,15)/t7-,9-,10?,11+,12?/m1/s1. The maximum Gasteiger partial charge on any atom is 0.303 e. The molecular weight excluding hydrogens is 222 g/mol. The zero-order valence-corrected chi connectivity index (χ0v) is 10.1. The van der Waals surface area contributed by atoms with Crippen LogP contribution < -0.4 is 5.73 Å². The highest BCUT2D eigenvalue weighted by molar-refractivity contribution is 5.68. The molecule has 2 unspecified atom stereocenters. The molecule has 0 aromatic carbocycles. The molecule has 2 aliphatic rings. The minimum Gasteiger partial charge on any atom is -0.481 e.